The second-order valence-corrected chi connectivity index (χ2v) is 10.2. The van der Waals surface area contributed by atoms with Crippen molar-refractivity contribution in [3.63, 3.8) is 0 Å². The minimum Gasteiger partial charge on any atom is -0.326 e. The third-order valence-corrected chi connectivity index (χ3v) is 6.29. The van der Waals surface area contributed by atoms with Crippen LogP contribution in [-0.2, 0) is 4.79 Å². The van der Waals surface area contributed by atoms with Crippen molar-refractivity contribution in [3.8, 4) is 12.3 Å². The Morgan fingerprint density at radius 1 is 0.800 bits per heavy atom. The lowest BCUT2D eigenvalue weighted by Crippen LogP contribution is -2.16. The van der Waals surface area contributed by atoms with Crippen molar-refractivity contribution < 1.29 is 4.79 Å². The van der Waals surface area contributed by atoms with Crippen LogP contribution in [0.15, 0.2) is 90.6 Å². The summed E-state index contributed by atoms with van der Waals surface area (Å²) in [5.41, 5.74) is 4.44. The number of amides is 1. The molecule has 1 aliphatic rings. The molecule has 0 spiro atoms. The molecule has 0 heterocycles. The van der Waals surface area contributed by atoms with Crippen LogP contribution < -0.4 is 5.32 Å². The largest absolute Gasteiger partial charge is 0.326 e. The second-order valence-electron chi connectivity index (χ2n) is 10.2. The van der Waals surface area contributed by atoms with Crippen molar-refractivity contribution in [2.45, 2.75) is 106 Å². The molecular formula is C38H55NO. The maximum Gasteiger partial charge on any atom is 0.224 e. The Labute approximate surface area is 247 Å². The van der Waals surface area contributed by atoms with Crippen LogP contribution in [0.5, 0.6) is 0 Å². The Balaban J connectivity index is 0.000000598. The van der Waals surface area contributed by atoms with Crippen molar-refractivity contribution in [3.05, 3.63) is 102 Å². The molecule has 2 aromatic rings. The fourth-order valence-electron chi connectivity index (χ4n) is 3.81. The van der Waals surface area contributed by atoms with Gasteiger partial charge in [-0.1, -0.05) is 144 Å². The van der Waals surface area contributed by atoms with Gasteiger partial charge in [-0.2, -0.15) is 0 Å². The Hall–Kier alpha value is -3.31. The normalized spacial score (nSPS) is 14.0. The van der Waals surface area contributed by atoms with E-state index in [0.717, 1.165) is 56.2 Å². The summed E-state index contributed by atoms with van der Waals surface area (Å²) >= 11 is 0. The van der Waals surface area contributed by atoms with Crippen LogP contribution in [0.4, 0.5) is 5.69 Å². The molecule has 1 aliphatic carbocycles. The molecule has 1 N–H and O–H groups in total. The SMILES string of the molecule is C#Cc1ccc(NC(=O)CC(CCC)CCC)cc1.C/C1=C/CC=CC/C=C\C1.CCCC.Cc1ccccc1. The van der Waals surface area contributed by atoms with E-state index in [1.54, 1.807) is 0 Å². The lowest BCUT2D eigenvalue weighted by atomic mass is 9.94. The summed E-state index contributed by atoms with van der Waals surface area (Å²) in [6, 6.07) is 17.6. The quantitative estimate of drug-likeness (QED) is 0.261. The summed E-state index contributed by atoms with van der Waals surface area (Å²) in [5.74, 6) is 3.16. The molecule has 218 valence electrons. The molecule has 0 radical (unpaired) electrons. The molecule has 2 nitrogen and oxygen atoms in total. The number of unbranched alkanes of at least 4 members (excludes halogenated alkanes) is 1. The number of benzene rings is 2. The Bertz CT molecular complexity index is 998. The fourth-order valence-corrected chi connectivity index (χ4v) is 3.81. The van der Waals surface area contributed by atoms with E-state index in [1.165, 1.54) is 24.0 Å². The maximum atomic E-state index is 12.0. The number of hydrogen-bond donors (Lipinski definition) is 1. The fraction of sp³-hybridized carbons (Fsp3) is 0.447. The number of hydrogen-bond acceptors (Lipinski definition) is 1. The summed E-state index contributed by atoms with van der Waals surface area (Å²) in [6.07, 6.45) is 27.6. The zero-order chi connectivity index (χ0) is 29.8. The van der Waals surface area contributed by atoms with Gasteiger partial charge in [-0.05, 0) is 63.3 Å². The number of aryl methyl sites for hydroxylation is 1. The predicted octanol–water partition coefficient (Wildman–Crippen LogP) is 11.2. The number of rotatable bonds is 8. The average molecular weight is 542 g/mol. The molecule has 0 unspecified atom stereocenters. The molecule has 0 bridgehead atoms. The molecule has 3 rings (SSSR count). The topological polar surface area (TPSA) is 29.1 Å². The third-order valence-electron chi connectivity index (χ3n) is 6.29. The molecule has 0 saturated heterocycles. The number of allylic oxidation sites excluding steroid dienone is 6. The highest BCUT2D eigenvalue weighted by Gasteiger charge is 2.12. The number of carbonyl (C=O) groups is 1. The van der Waals surface area contributed by atoms with Crippen LogP contribution in [0.3, 0.4) is 0 Å². The van der Waals surface area contributed by atoms with Gasteiger partial charge in [-0.15, -0.1) is 6.42 Å². The molecule has 2 heteroatoms. The highest BCUT2D eigenvalue weighted by molar-refractivity contribution is 5.90. The van der Waals surface area contributed by atoms with Crippen LogP contribution >= 0.6 is 0 Å². The van der Waals surface area contributed by atoms with Crippen LogP contribution in [0, 0.1) is 25.2 Å². The van der Waals surface area contributed by atoms with E-state index in [9.17, 15) is 4.79 Å². The third kappa shape index (κ3) is 21.6. The Morgan fingerprint density at radius 2 is 1.38 bits per heavy atom. The minimum atomic E-state index is 0.0976. The van der Waals surface area contributed by atoms with Crippen LogP contribution in [-0.4, -0.2) is 5.91 Å². The van der Waals surface area contributed by atoms with Gasteiger partial charge in [-0.3, -0.25) is 4.79 Å². The van der Waals surface area contributed by atoms with Crippen LogP contribution in [0.1, 0.15) is 110 Å². The van der Waals surface area contributed by atoms with Crippen molar-refractivity contribution >= 4 is 11.6 Å². The molecule has 0 aliphatic heterocycles. The van der Waals surface area contributed by atoms with Gasteiger partial charge in [0.25, 0.3) is 0 Å². The first-order chi connectivity index (χ1) is 19.4. The first-order valence-corrected chi connectivity index (χ1v) is 15.2. The van der Waals surface area contributed by atoms with Gasteiger partial charge >= 0.3 is 0 Å². The van der Waals surface area contributed by atoms with Gasteiger partial charge in [0.05, 0.1) is 0 Å². The molecular weight excluding hydrogens is 486 g/mol. The van der Waals surface area contributed by atoms with E-state index in [2.05, 4.69) is 95.3 Å². The van der Waals surface area contributed by atoms with Gasteiger partial charge in [0.15, 0.2) is 0 Å². The molecule has 0 aromatic heterocycles. The first-order valence-electron chi connectivity index (χ1n) is 15.2. The number of carbonyl (C=O) groups excluding carboxylic acids is 1. The van der Waals surface area contributed by atoms with E-state index in [1.807, 2.05) is 42.5 Å². The van der Waals surface area contributed by atoms with Gasteiger partial charge in [0.1, 0.15) is 0 Å². The van der Waals surface area contributed by atoms with E-state index in [-0.39, 0.29) is 5.91 Å². The van der Waals surface area contributed by atoms with Crippen molar-refractivity contribution in [2.24, 2.45) is 5.92 Å². The molecule has 0 saturated carbocycles. The van der Waals surface area contributed by atoms with Gasteiger partial charge in [-0.25, -0.2) is 0 Å². The zero-order valence-electron chi connectivity index (χ0n) is 26.2. The molecule has 1 amide bonds. The lowest BCUT2D eigenvalue weighted by molar-refractivity contribution is -0.117. The standard InChI is InChI=1S/C17H23NO.C10H14.C7H8.C4H10/c1-4-7-15(8-5-2)13-17(19)18-16-11-9-14(6-3)10-12-16;1-10-8-6-4-2-3-5-7-9-10;1-7-5-3-2-4-6-7;1-3-4-2/h3,9-12,15H,4-5,7-8,13H2,1-2H3,(H,18,19);2,4-5,7-8H,3,6,9H2,1H3;2-6H,1H3;3-4H2,1-2H3/b;4-2?,7-5-,10-8-;;. The Kier molecular flexibility index (Phi) is 23.8. The second kappa shape index (κ2) is 25.9. The van der Waals surface area contributed by atoms with Crippen LogP contribution in [0.25, 0.3) is 0 Å². The molecule has 0 fully saturated rings. The zero-order valence-corrected chi connectivity index (χ0v) is 26.2. The van der Waals surface area contributed by atoms with Gasteiger partial charge in [0, 0.05) is 17.7 Å². The van der Waals surface area contributed by atoms with Crippen molar-refractivity contribution in [1.29, 1.82) is 0 Å². The first kappa shape index (κ1) is 36.7. The minimum absolute atomic E-state index is 0.0976. The highest BCUT2D eigenvalue weighted by Crippen LogP contribution is 2.19. The van der Waals surface area contributed by atoms with Gasteiger partial charge in [0.2, 0.25) is 5.91 Å². The highest BCUT2D eigenvalue weighted by atomic mass is 16.1. The van der Waals surface area contributed by atoms with E-state index in [0.29, 0.717) is 12.3 Å². The summed E-state index contributed by atoms with van der Waals surface area (Å²) in [7, 11) is 0. The van der Waals surface area contributed by atoms with Crippen molar-refractivity contribution in [2.75, 3.05) is 5.32 Å². The number of terminal acetylenes is 1. The molecule has 2 aromatic carbocycles. The monoisotopic (exact) mass is 541 g/mol. The van der Waals surface area contributed by atoms with E-state index >= 15 is 0 Å². The molecule has 0 atom stereocenters. The maximum absolute atomic E-state index is 12.0. The lowest BCUT2D eigenvalue weighted by Gasteiger charge is -2.14. The Morgan fingerprint density at radius 3 is 1.88 bits per heavy atom. The van der Waals surface area contributed by atoms with E-state index in [4.69, 9.17) is 6.42 Å². The summed E-state index contributed by atoms with van der Waals surface area (Å²) in [4.78, 5) is 12.0. The number of nitrogens with one attached hydrogen (secondary N) is 1. The average Bonchev–Trinajstić information content (AvgIpc) is 3.08. The summed E-state index contributed by atoms with van der Waals surface area (Å²) < 4.78 is 0. The molecule has 40 heavy (non-hydrogen) atoms. The number of anilines is 1. The summed E-state index contributed by atoms with van der Waals surface area (Å²) in [5, 5.41) is 2.93. The van der Waals surface area contributed by atoms with Crippen LogP contribution in [0.2, 0.25) is 0 Å². The van der Waals surface area contributed by atoms with Crippen molar-refractivity contribution in [1.82, 2.24) is 0 Å². The summed E-state index contributed by atoms with van der Waals surface area (Å²) in [6.45, 7) is 13.0. The predicted molar refractivity (Wildman–Crippen MR) is 179 cm³/mol. The smallest absolute Gasteiger partial charge is 0.224 e. The van der Waals surface area contributed by atoms with E-state index < -0.39 is 0 Å². The van der Waals surface area contributed by atoms with Gasteiger partial charge < -0.3 is 5.32 Å².